The van der Waals surface area contributed by atoms with Crippen molar-refractivity contribution in [1.29, 1.82) is 0 Å². The molecule has 0 amide bonds. The molecule has 1 heterocycles. The lowest BCUT2D eigenvalue weighted by Crippen LogP contribution is -2.23. The number of hydrogen-bond acceptors (Lipinski definition) is 4. The number of thiazole rings is 1. The molecule has 0 spiro atoms. The van der Waals surface area contributed by atoms with Gasteiger partial charge in [0.25, 0.3) is 0 Å². The van der Waals surface area contributed by atoms with Crippen LogP contribution < -0.4 is 10.2 Å². The minimum Gasteiger partial charge on any atom is -0.351 e. The Kier molecular flexibility index (Phi) is 5.92. The number of nitrogens with one attached hydrogen (secondary N) is 1. The van der Waals surface area contributed by atoms with Gasteiger partial charge in [0.2, 0.25) is 0 Å². The van der Waals surface area contributed by atoms with E-state index in [1.54, 1.807) is 0 Å². The van der Waals surface area contributed by atoms with Gasteiger partial charge in [-0.25, -0.2) is 4.98 Å². The van der Waals surface area contributed by atoms with E-state index in [9.17, 15) is 0 Å². The SMILES string of the molecule is CCNCc1sc(N(C)CC(C)CC)nc1C. The summed E-state index contributed by atoms with van der Waals surface area (Å²) in [5, 5.41) is 4.51. The number of aryl methyl sites for hydroxylation is 1. The van der Waals surface area contributed by atoms with E-state index in [4.69, 9.17) is 0 Å². The molecule has 0 aliphatic heterocycles. The van der Waals surface area contributed by atoms with Gasteiger partial charge in [0.05, 0.1) is 5.69 Å². The van der Waals surface area contributed by atoms with Crippen LogP contribution in [0.2, 0.25) is 0 Å². The Morgan fingerprint density at radius 1 is 1.41 bits per heavy atom. The highest BCUT2D eigenvalue weighted by Crippen LogP contribution is 2.25. The summed E-state index contributed by atoms with van der Waals surface area (Å²) in [6.45, 7) is 11.8. The van der Waals surface area contributed by atoms with Crippen LogP contribution in [0.4, 0.5) is 5.13 Å². The molecular formula is C13H25N3S. The minimum absolute atomic E-state index is 0.724. The topological polar surface area (TPSA) is 28.2 Å². The van der Waals surface area contributed by atoms with Crippen LogP contribution in [0.1, 0.15) is 37.8 Å². The largest absolute Gasteiger partial charge is 0.351 e. The van der Waals surface area contributed by atoms with Crippen molar-refractivity contribution in [3.63, 3.8) is 0 Å². The molecule has 1 unspecified atom stereocenters. The third kappa shape index (κ3) is 4.28. The van der Waals surface area contributed by atoms with Crippen LogP contribution in [-0.2, 0) is 6.54 Å². The van der Waals surface area contributed by atoms with Crippen molar-refractivity contribution in [1.82, 2.24) is 10.3 Å². The van der Waals surface area contributed by atoms with Crippen LogP contribution in [0.15, 0.2) is 0 Å². The van der Waals surface area contributed by atoms with Crippen LogP contribution in [0.25, 0.3) is 0 Å². The molecule has 0 radical (unpaired) electrons. The molecule has 1 aromatic heterocycles. The Morgan fingerprint density at radius 3 is 2.71 bits per heavy atom. The fraction of sp³-hybridized carbons (Fsp3) is 0.769. The Hall–Kier alpha value is -0.610. The lowest BCUT2D eigenvalue weighted by atomic mass is 10.1. The van der Waals surface area contributed by atoms with Crippen molar-refractivity contribution >= 4 is 16.5 Å². The maximum Gasteiger partial charge on any atom is 0.185 e. The first-order valence-corrected chi connectivity index (χ1v) is 7.28. The number of hydrogen-bond donors (Lipinski definition) is 1. The second-order valence-electron chi connectivity index (χ2n) is 4.68. The summed E-state index contributed by atoms with van der Waals surface area (Å²) in [7, 11) is 2.14. The number of anilines is 1. The van der Waals surface area contributed by atoms with Crippen molar-refractivity contribution in [2.75, 3.05) is 25.0 Å². The summed E-state index contributed by atoms with van der Waals surface area (Å²) in [6.07, 6.45) is 1.22. The zero-order chi connectivity index (χ0) is 12.8. The van der Waals surface area contributed by atoms with Crippen LogP contribution in [0.3, 0.4) is 0 Å². The first kappa shape index (κ1) is 14.5. The molecule has 1 aromatic rings. The van der Waals surface area contributed by atoms with E-state index in [1.165, 1.54) is 17.0 Å². The van der Waals surface area contributed by atoms with Crippen molar-refractivity contribution in [3.05, 3.63) is 10.6 Å². The number of nitrogens with zero attached hydrogens (tertiary/aromatic N) is 2. The molecule has 1 N–H and O–H groups in total. The van der Waals surface area contributed by atoms with Gasteiger partial charge in [-0.2, -0.15) is 0 Å². The van der Waals surface area contributed by atoms with Gasteiger partial charge < -0.3 is 10.2 Å². The standard InChI is InChI=1S/C13H25N3S/c1-6-10(3)9-16(5)13-15-11(4)12(17-13)8-14-7-2/h10,14H,6-9H2,1-5H3. The van der Waals surface area contributed by atoms with Gasteiger partial charge >= 0.3 is 0 Å². The van der Waals surface area contributed by atoms with Crippen molar-refractivity contribution < 1.29 is 0 Å². The fourth-order valence-electron chi connectivity index (χ4n) is 1.65. The Labute approximate surface area is 109 Å². The van der Waals surface area contributed by atoms with E-state index in [-0.39, 0.29) is 0 Å². The molecule has 0 bridgehead atoms. The molecule has 0 aliphatic carbocycles. The second kappa shape index (κ2) is 6.97. The van der Waals surface area contributed by atoms with E-state index in [1.807, 2.05) is 11.3 Å². The first-order valence-electron chi connectivity index (χ1n) is 6.46. The third-order valence-corrected chi connectivity index (χ3v) is 4.30. The lowest BCUT2D eigenvalue weighted by molar-refractivity contribution is 0.559. The molecule has 98 valence electrons. The van der Waals surface area contributed by atoms with Gasteiger partial charge in [0, 0.05) is 25.0 Å². The zero-order valence-corrected chi connectivity index (χ0v) is 12.5. The van der Waals surface area contributed by atoms with Crippen LogP contribution in [-0.4, -0.2) is 25.1 Å². The summed E-state index contributed by atoms with van der Waals surface area (Å²) in [6, 6.07) is 0. The fourth-order valence-corrected chi connectivity index (χ4v) is 2.65. The van der Waals surface area contributed by atoms with E-state index >= 15 is 0 Å². The Morgan fingerprint density at radius 2 is 2.12 bits per heavy atom. The summed E-state index contributed by atoms with van der Waals surface area (Å²) >= 11 is 1.81. The molecule has 0 saturated heterocycles. The molecule has 3 nitrogen and oxygen atoms in total. The van der Waals surface area contributed by atoms with Crippen molar-refractivity contribution in [3.8, 4) is 0 Å². The quantitative estimate of drug-likeness (QED) is 0.811. The predicted octanol–water partition coefficient (Wildman–Crippen LogP) is 3.04. The van der Waals surface area contributed by atoms with Gasteiger partial charge in [-0.3, -0.25) is 0 Å². The van der Waals surface area contributed by atoms with Gasteiger partial charge in [-0.05, 0) is 19.4 Å². The van der Waals surface area contributed by atoms with E-state index in [2.05, 4.69) is 49.9 Å². The maximum atomic E-state index is 4.66. The van der Waals surface area contributed by atoms with E-state index in [0.717, 1.165) is 30.7 Å². The van der Waals surface area contributed by atoms with Crippen molar-refractivity contribution in [2.45, 2.75) is 40.7 Å². The Balaban J connectivity index is 2.64. The molecule has 17 heavy (non-hydrogen) atoms. The molecule has 0 saturated carbocycles. The normalized spacial score (nSPS) is 12.8. The average Bonchev–Trinajstić information content (AvgIpc) is 2.68. The van der Waals surface area contributed by atoms with Crippen LogP contribution in [0.5, 0.6) is 0 Å². The molecule has 0 fully saturated rings. The highest BCUT2D eigenvalue weighted by molar-refractivity contribution is 7.15. The smallest absolute Gasteiger partial charge is 0.185 e. The molecule has 0 aromatic carbocycles. The molecule has 4 heteroatoms. The van der Waals surface area contributed by atoms with Crippen LogP contribution in [0, 0.1) is 12.8 Å². The molecule has 1 rings (SSSR count). The first-order chi connectivity index (χ1) is 8.08. The van der Waals surface area contributed by atoms with Gasteiger partial charge in [-0.15, -0.1) is 11.3 Å². The molecule has 0 aliphatic rings. The molecular weight excluding hydrogens is 230 g/mol. The summed E-state index contributed by atoms with van der Waals surface area (Å²) in [5.74, 6) is 0.724. The van der Waals surface area contributed by atoms with Gasteiger partial charge in [-0.1, -0.05) is 27.2 Å². The second-order valence-corrected chi connectivity index (χ2v) is 5.74. The monoisotopic (exact) mass is 255 g/mol. The van der Waals surface area contributed by atoms with Crippen molar-refractivity contribution in [2.24, 2.45) is 5.92 Å². The predicted molar refractivity (Wildman–Crippen MR) is 77.0 cm³/mol. The van der Waals surface area contributed by atoms with Gasteiger partial charge in [0.1, 0.15) is 0 Å². The Bertz CT molecular complexity index is 335. The zero-order valence-electron chi connectivity index (χ0n) is 11.7. The van der Waals surface area contributed by atoms with Crippen LogP contribution >= 0.6 is 11.3 Å². The number of rotatable bonds is 7. The lowest BCUT2D eigenvalue weighted by Gasteiger charge is -2.19. The maximum absolute atomic E-state index is 4.66. The van der Waals surface area contributed by atoms with Gasteiger partial charge in [0.15, 0.2) is 5.13 Å². The molecule has 1 atom stereocenters. The van der Waals surface area contributed by atoms with E-state index < -0.39 is 0 Å². The highest BCUT2D eigenvalue weighted by atomic mass is 32.1. The average molecular weight is 255 g/mol. The van der Waals surface area contributed by atoms with E-state index in [0.29, 0.717) is 0 Å². The highest BCUT2D eigenvalue weighted by Gasteiger charge is 2.12. The number of aromatic nitrogens is 1. The summed E-state index contributed by atoms with van der Waals surface area (Å²) in [5.41, 5.74) is 1.17. The summed E-state index contributed by atoms with van der Waals surface area (Å²) in [4.78, 5) is 8.29. The summed E-state index contributed by atoms with van der Waals surface area (Å²) < 4.78 is 0. The third-order valence-electron chi connectivity index (χ3n) is 3.03. The minimum atomic E-state index is 0.724.